The molecule has 5 nitrogen and oxygen atoms in total. The van der Waals surface area contributed by atoms with Gasteiger partial charge in [-0.3, -0.25) is 9.59 Å². The van der Waals surface area contributed by atoms with Crippen molar-refractivity contribution in [2.45, 2.75) is 44.6 Å². The van der Waals surface area contributed by atoms with Crippen LogP contribution in [0.4, 0.5) is 5.69 Å². The summed E-state index contributed by atoms with van der Waals surface area (Å²) in [5.74, 6) is 0.402. The minimum absolute atomic E-state index is 0.102. The van der Waals surface area contributed by atoms with Crippen LogP contribution in [0.5, 0.6) is 0 Å². The number of nitrogens with zero attached hydrogens (tertiary/aromatic N) is 1. The molecule has 5 heteroatoms. The molecule has 2 rings (SSSR count). The predicted octanol–water partition coefficient (Wildman–Crippen LogP) is 1.62. The summed E-state index contributed by atoms with van der Waals surface area (Å²) in [6, 6.07) is 2.56. The number of rotatable bonds is 4. The maximum absolute atomic E-state index is 12.1. The van der Waals surface area contributed by atoms with Crippen molar-refractivity contribution >= 4 is 11.6 Å². The first-order valence-electron chi connectivity index (χ1n) is 7.29. The van der Waals surface area contributed by atoms with Gasteiger partial charge >= 0.3 is 0 Å². The second-order valence-corrected chi connectivity index (χ2v) is 5.70. The van der Waals surface area contributed by atoms with Crippen LogP contribution < -0.4 is 16.6 Å². The first-order chi connectivity index (χ1) is 9.56. The summed E-state index contributed by atoms with van der Waals surface area (Å²) in [6.07, 6.45) is 8.52. The second kappa shape index (κ2) is 6.70. The van der Waals surface area contributed by atoms with Gasteiger partial charge in [0.05, 0.1) is 11.7 Å². The quantitative estimate of drug-likeness (QED) is 0.878. The van der Waals surface area contributed by atoms with Crippen LogP contribution in [-0.2, 0) is 11.8 Å². The number of carbonyl (C=O) groups excluding carboxylic acids is 1. The van der Waals surface area contributed by atoms with Crippen LogP contribution in [0.25, 0.3) is 0 Å². The van der Waals surface area contributed by atoms with E-state index in [4.69, 9.17) is 5.73 Å². The van der Waals surface area contributed by atoms with Gasteiger partial charge in [-0.05, 0) is 18.4 Å². The minimum Gasteiger partial charge on any atom is -0.323 e. The molecule has 3 N–H and O–H groups in total. The van der Waals surface area contributed by atoms with Gasteiger partial charge in [0.1, 0.15) is 0 Å². The standard InChI is InChI=1S/C15H23N3O2/c1-18-10-12(7-8-14(18)19)17-15(20)13(16)9-11-5-3-2-4-6-11/h7-8,10-11,13H,2-6,9,16H2,1H3,(H,17,20). The third kappa shape index (κ3) is 3.93. The van der Waals surface area contributed by atoms with Crippen molar-refractivity contribution in [3.05, 3.63) is 28.7 Å². The molecule has 1 fully saturated rings. The van der Waals surface area contributed by atoms with Crippen LogP contribution in [0, 0.1) is 5.92 Å². The molecule has 0 radical (unpaired) electrons. The van der Waals surface area contributed by atoms with Crippen LogP contribution in [0.1, 0.15) is 38.5 Å². The smallest absolute Gasteiger partial charge is 0.250 e. The van der Waals surface area contributed by atoms with E-state index in [1.807, 2.05) is 0 Å². The van der Waals surface area contributed by atoms with E-state index in [0.29, 0.717) is 11.6 Å². The number of amides is 1. The lowest BCUT2D eigenvalue weighted by Gasteiger charge is -2.24. The highest BCUT2D eigenvalue weighted by molar-refractivity contribution is 5.94. The number of aryl methyl sites for hydroxylation is 1. The fourth-order valence-electron chi connectivity index (χ4n) is 2.79. The molecule has 1 aromatic rings. The molecule has 0 saturated heterocycles. The molecule has 1 aromatic heterocycles. The Morgan fingerprint density at radius 2 is 2.10 bits per heavy atom. The Kier molecular flexibility index (Phi) is 4.95. The Hall–Kier alpha value is -1.62. The number of hydrogen-bond acceptors (Lipinski definition) is 3. The summed E-state index contributed by atoms with van der Waals surface area (Å²) < 4.78 is 1.43. The largest absolute Gasteiger partial charge is 0.323 e. The van der Waals surface area contributed by atoms with E-state index < -0.39 is 6.04 Å². The summed E-state index contributed by atoms with van der Waals surface area (Å²) >= 11 is 0. The van der Waals surface area contributed by atoms with Crippen molar-refractivity contribution in [3.63, 3.8) is 0 Å². The molecule has 1 amide bonds. The van der Waals surface area contributed by atoms with Crippen LogP contribution in [0.15, 0.2) is 23.1 Å². The molecule has 0 spiro atoms. The van der Waals surface area contributed by atoms with E-state index in [9.17, 15) is 9.59 Å². The van der Waals surface area contributed by atoms with E-state index in [-0.39, 0.29) is 11.5 Å². The predicted molar refractivity (Wildman–Crippen MR) is 79.5 cm³/mol. The van der Waals surface area contributed by atoms with Gasteiger partial charge in [0, 0.05) is 19.3 Å². The molecular formula is C15H23N3O2. The van der Waals surface area contributed by atoms with Crippen molar-refractivity contribution < 1.29 is 4.79 Å². The number of nitrogens with one attached hydrogen (secondary N) is 1. The summed E-state index contributed by atoms with van der Waals surface area (Å²) in [5.41, 5.74) is 6.49. The van der Waals surface area contributed by atoms with Crippen LogP contribution >= 0.6 is 0 Å². The highest BCUT2D eigenvalue weighted by atomic mass is 16.2. The Bertz CT molecular complexity index is 518. The number of pyridine rings is 1. The van der Waals surface area contributed by atoms with Crippen molar-refractivity contribution in [1.82, 2.24) is 4.57 Å². The molecule has 1 aliphatic carbocycles. The Morgan fingerprint density at radius 1 is 1.40 bits per heavy atom. The van der Waals surface area contributed by atoms with Crippen molar-refractivity contribution in [2.24, 2.45) is 18.7 Å². The first kappa shape index (κ1) is 14.8. The number of hydrogen-bond donors (Lipinski definition) is 2. The summed E-state index contributed by atoms with van der Waals surface area (Å²) in [4.78, 5) is 23.3. The number of carbonyl (C=O) groups is 1. The number of nitrogens with two attached hydrogens (primary N) is 1. The van der Waals surface area contributed by atoms with Gasteiger partial charge in [-0.2, -0.15) is 0 Å². The lowest BCUT2D eigenvalue weighted by atomic mass is 9.85. The highest BCUT2D eigenvalue weighted by Crippen LogP contribution is 2.27. The van der Waals surface area contributed by atoms with Crippen molar-refractivity contribution in [3.8, 4) is 0 Å². The SMILES string of the molecule is Cn1cc(NC(=O)C(N)CC2CCCCC2)ccc1=O. The Balaban J connectivity index is 1.89. The molecule has 0 aromatic carbocycles. The van der Waals surface area contributed by atoms with Gasteiger partial charge in [-0.25, -0.2) is 0 Å². The number of aromatic nitrogens is 1. The molecule has 1 heterocycles. The van der Waals surface area contributed by atoms with Gasteiger partial charge in [0.2, 0.25) is 11.5 Å². The van der Waals surface area contributed by atoms with E-state index in [1.54, 1.807) is 19.3 Å². The fraction of sp³-hybridized carbons (Fsp3) is 0.600. The van der Waals surface area contributed by atoms with Gasteiger partial charge in [0.15, 0.2) is 0 Å². The van der Waals surface area contributed by atoms with Crippen molar-refractivity contribution in [1.29, 1.82) is 0 Å². The molecule has 1 aliphatic rings. The summed E-state index contributed by atoms with van der Waals surface area (Å²) in [5, 5.41) is 2.78. The van der Waals surface area contributed by atoms with Gasteiger partial charge in [-0.15, -0.1) is 0 Å². The van der Waals surface area contributed by atoms with Gasteiger partial charge in [-0.1, -0.05) is 32.1 Å². The molecular weight excluding hydrogens is 254 g/mol. The van der Waals surface area contributed by atoms with Crippen LogP contribution in [0.2, 0.25) is 0 Å². The molecule has 0 bridgehead atoms. The average molecular weight is 277 g/mol. The van der Waals surface area contributed by atoms with E-state index in [0.717, 1.165) is 6.42 Å². The Labute approximate surface area is 119 Å². The van der Waals surface area contributed by atoms with Crippen LogP contribution in [0.3, 0.4) is 0 Å². The van der Waals surface area contributed by atoms with Crippen LogP contribution in [-0.4, -0.2) is 16.5 Å². The van der Waals surface area contributed by atoms with E-state index in [1.165, 1.54) is 42.7 Å². The first-order valence-corrected chi connectivity index (χ1v) is 7.29. The minimum atomic E-state index is -0.477. The molecule has 20 heavy (non-hydrogen) atoms. The molecule has 1 saturated carbocycles. The molecule has 1 unspecified atom stereocenters. The summed E-state index contributed by atoms with van der Waals surface area (Å²) in [6.45, 7) is 0. The second-order valence-electron chi connectivity index (χ2n) is 5.70. The zero-order valence-electron chi connectivity index (χ0n) is 12.0. The average Bonchev–Trinajstić information content (AvgIpc) is 2.44. The van der Waals surface area contributed by atoms with Gasteiger partial charge in [0.25, 0.3) is 0 Å². The zero-order valence-corrected chi connectivity index (χ0v) is 12.0. The lowest BCUT2D eigenvalue weighted by Crippen LogP contribution is -2.37. The van der Waals surface area contributed by atoms with Crippen molar-refractivity contribution in [2.75, 3.05) is 5.32 Å². The third-order valence-corrected chi connectivity index (χ3v) is 4.00. The topological polar surface area (TPSA) is 77.1 Å². The lowest BCUT2D eigenvalue weighted by molar-refractivity contribution is -0.117. The van der Waals surface area contributed by atoms with E-state index >= 15 is 0 Å². The zero-order chi connectivity index (χ0) is 14.5. The fourth-order valence-corrected chi connectivity index (χ4v) is 2.79. The maximum Gasteiger partial charge on any atom is 0.250 e. The molecule has 110 valence electrons. The molecule has 1 atom stereocenters. The van der Waals surface area contributed by atoms with E-state index in [2.05, 4.69) is 5.32 Å². The monoisotopic (exact) mass is 277 g/mol. The number of anilines is 1. The molecule has 0 aliphatic heterocycles. The highest BCUT2D eigenvalue weighted by Gasteiger charge is 2.21. The summed E-state index contributed by atoms with van der Waals surface area (Å²) in [7, 11) is 1.65. The maximum atomic E-state index is 12.1. The van der Waals surface area contributed by atoms with Gasteiger partial charge < -0.3 is 15.6 Å². The normalized spacial score (nSPS) is 17.7. The third-order valence-electron chi connectivity index (χ3n) is 4.00. The Morgan fingerprint density at radius 3 is 2.75 bits per heavy atom.